The van der Waals surface area contributed by atoms with Crippen molar-refractivity contribution in [3.63, 3.8) is 0 Å². The van der Waals surface area contributed by atoms with Crippen LogP contribution in [0.4, 0.5) is 0 Å². The smallest absolute Gasteiger partial charge is 0.328 e. The highest BCUT2D eigenvalue weighted by molar-refractivity contribution is 6.09. The molecule has 2 aliphatic heterocycles. The summed E-state index contributed by atoms with van der Waals surface area (Å²) < 4.78 is 15.2. The van der Waals surface area contributed by atoms with Gasteiger partial charge in [-0.25, -0.2) is 4.79 Å². The number of carbonyl (C=O) groups excluding carboxylic acids is 3. The van der Waals surface area contributed by atoms with Gasteiger partial charge in [-0.1, -0.05) is 30.3 Å². The number of ether oxygens (including phenoxy) is 3. The van der Waals surface area contributed by atoms with Gasteiger partial charge in [0.2, 0.25) is 5.41 Å². The molecule has 0 amide bonds. The number of hydrogen-bond acceptors (Lipinski definition) is 7. The van der Waals surface area contributed by atoms with Gasteiger partial charge in [-0.05, 0) is 24.9 Å². The standard InChI is InChI=1S/C19H23NO6/c1-24-15(21)18-10-7-11-20(18)12-14(13-8-5-4-6-9-13)19(18,16(22)25-2)17(23)26-3/h4-6,8-9,14H,7,10-12H2,1-3H3/t14-,18+/m1/s1. The largest absolute Gasteiger partial charge is 0.468 e. The van der Waals surface area contributed by atoms with Crippen molar-refractivity contribution in [2.75, 3.05) is 34.4 Å². The second-order valence-corrected chi connectivity index (χ2v) is 6.66. The number of hydrogen-bond donors (Lipinski definition) is 0. The summed E-state index contributed by atoms with van der Waals surface area (Å²) >= 11 is 0. The first-order valence-electron chi connectivity index (χ1n) is 8.56. The van der Waals surface area contributed by atoms with E-state index in [1.54, 1.807) is 0 Å². The summed E-state index contributed by atoms with van der Waals surface area (Å²) in [6, 6.07) is 9.22. The maximum atomic E-state index is 13.1. The Morgan fingerprint density at radius 2 is 1.54 bits per heavy atom. The lowest BCUT2D eigenvalue weighted by atomic mass is 9.62. The van der Waals surface area contributed by atoms with Crippen LogP contribution in [0, 0.1) is 5.41 Å². The molecular formula is C19H23NO6. The zero-order chi connectivity index (χ0) is 18.9. The fraction of sp³-hybridized carbons (Fsp3) is 0.526. The summed E-state index contributed by atoms with van der Waals surface area (Å²) in [5.74, 6) is -2.73. The third-order valence-electron chi connectivity index (χ3n) is 5.82. The molecule has 26 heavy (non-hydrogen) atoms. The maximum absolute atomic E-state index is 13.1. The SMILES string of the molecule is COC(=O)C1(C(=O)OC)[C@@H](c2ccccc2)CN2CCC[C@@]21C(=O)OC. The molecule has 2 atom stereocenters. The molecule has 2 aliphatic rings. The normalized spacial score (nSPS) is 26.8. The molecule has 0 spiro atoms. The molecule has 0 unspecified atom stereocenters. The minimum absolute atomic E-state index is 0.327. The number of carbonyl (C=O) groups is 3. The fourth-order valence-corrected chi connectivity index (χ4v) is 4.84. The number of rotatable bonds is 4. The first kappa shape index (κ1) is 18.4. The van der Waals surface area contributed by atoms with Crippen LogP contribution in [-0.4, -0.2) is 62.8 Å². The van der Waals surface area contributed by atoms with Gasteiger partial charge in [-0.3, -0.25) is 14.5 Å². The van der Waals surface area contributed by atoms with E-state index in [1.807, 2.05) is 35.2 Å². The Hall–Kier alpha value is -2.41. The van der Waals surface area contributed by atoms with Crippen molar-refractivity contribution in [3.05, 3.63) is 35.9 Å². The van der Waals surface area contributed by atoms with Crippen LogP contribution in [0.25, 0.3) is 0 Å². The summed E-state index contributed by atoms with van der Waals surface area (Å²) in [6.45, 7) is 0.956. The van der Waals surface area contributed by atoms with E-state index in [-0.39, 0.29) is 0 Å². The van der Waals surface area contributed by atoms with Crippen LogP contribution < -0.4 is 0 Å². The summed E-state index contributed by atoms with van der Waals surface area (Å²) in [4.78, 5) is 41.1. The van der Waals surface area contributed by atoms with Crippen LogP contribution in [0.3, 0.4) is 0 Å². The third-order valence-corrected chi connectivity index (χ3v) is 5.82. The predicted octanol–water partition coefficient (Wildman–Crippen LogP) is 1.12. The van der Waals surface area contributed by atoms with E-state index in [2.05, 4.69) is 0 Å². The fourth-order valence-electron chi connectivity index (χ4n) is 4.84. The zero-order valence-corrected chi connectivity index (χ0v) is 15.2. The molecule has 0 bridgehead atoms. The lowest BCUT2D eigenvalue weighted by Crippen LogP contribution is -2.64. The van der Waals surface area contributed by atoms with Gasteiger partial charge >= 0.3 is 17.9 Å². The molecule has 0 aliphatic carbocycles. The maximum Gasteiger partial charge on any atom is 0.328 e. The average molecular weight is 361 g/mol. The highest BCUT2D eigenvalue weighted by Crippen LogP contribution is 2.59. The first-order chi connectivity index (χ1) is 12.5. The minimum atomic E-state index is -1.82. The van der Waals surface area contributed by atoms with Crippen LogP contribution in [0.5, 0.6) is 0 Å². The molecule has 0 N–H and O–H groups in total. The molecule has 1 aromatic rings. The van der Waals surface area contributed by atoms with Crippen LogP contribution in [-0.2, 0) is 28.6 Å². The molecule has 7 heteroatoms. The van der Waals surface area contributed by atoms with Crippen LogP contribution in [0.2, 0.25) is 0 Å². The molecule has 0 radical (unpaired) electrons. The number of benzene rings is 1. The molecule has 2 heterocycles. The van der Waals surface area contributed by atoms with Gasteiger partial charge in [0.25, 0.3) is 0 Å². The van der Waals surface area contributed by atoms with Gasteiger partial charge in [0.15, 0.2) is 0 Å². The van der Waals surface area contributed by atoms with Crippen molar-refractivity contribution in [2.24, 2.45) is 5.41 Å². The number of methoxy groups -OCH3 is 3. The Kier molecular flexibility index (Phi) is 4.75. The second kappa shape index (κ2) is 6.72. The Labute approximate surface area is 152 Å². The Morgan fingerprint density at radius 1 is 0.962 bits per heavy atom. The molecular weight excluding hydrogens is 338 g/mol. The van der Waals surface area contributed by atoms with E-state index in [0.29, 0.717) is 25.9 Å². The Bertz CT molecular complexity index is 702. The molecule has 3 rings (SSSR count). The molecule has 7 nitrogen and oxygen atoms in total. The quantitative estimate of drug-likeness (QED) is 0.452. The monoisotopic (exact) mass is 361 g/mol. The second-order valence-electron chi connectivity index (χ2n) is 6.66. The highest BCUT2D eigenvalue weighted by Gasteiger charge is 2.78. The number of nitrogens with zero attached hydrogens (tertiary/aromatic N) is 1. The van der Waals surface area contributed by atoms with Crippen molar-refractivity contribution in [1.29, 1.82) is 0 Å². The molecule has 0 saturated carbocycles. The van der Waals surface area contributed by atoms with E-state index in [1.165, 1.54) is 21.3 Å². The van der Waals surface area contributed by atoms with E-state index in [0.717, 1.165) is 5.56 Å². The molecule has 140 valence electrons. The summed E-state index contributed by atoms with van der Waals surface area (Å²) in [7, 11) is 3.71. The zero-order valence-electron chi connectivity index (χ0n) is 15.2. The number of fused-ring (bicyclic) bond motifs is 1. The average Bonchev–Trinajstić information content (AvgIpc) is 3.23. The Balaban J connectivity index is 2.32. The molecule has 0 aromatic heterocycles. The lowest BCUT2D eigenvalue weighted by Gasteiger charge is -2.41. The number of esters is 3. The van der Waals surface area contributed by atoms with E-state index in [4.69, 9.17) is 14.2 Å². The highest BCUT2D eigenvalue weighted by atomic mass is 16.6. The van der Waals surface area contributed by atoms with Gasteiger partial charge in [-0.15, -0.1) is 0 Å². The van der Waals surface area contributed by atoms with E-state index < -0.39 is 34.8 Å². The van der Waals surface area contributed by atoms with Crippen molar-refractivity contribution in [3.8, 4) is 0 Å². The molecule has 1 aromatic carbocycles. The van der Waals surface area contributed by atoms with E-state index >= 15 is 0 Å². The summed E-state index contributed by atoms with van der Waals surface area (Å²) in [5, 5.41) is 0. The third kappa shape index (κ3) is 2.13. The minimum Gasteiger partial charge on any atom is -0.468 e. The van der Waals surface area contributed by atoms with Crippen LogP contribution >= 0.6 is 0 Å². The van der Waals surface area contributed by atoms with Crippen molar-refractivity contribution in [2.45, 2.75) is 24.3 Å². The summed E-state index contributed by atoms with van der Waals surface area (Å²) in [5.41, 5.74) is -2.47. The van der Waals surface area contributed by atoms with Gasteiger partial charge in [0, 0.05) is 12.5 Å². The molecule has 2 fully saturated rings. The first-order valence-corrected chi connectivity index (χ1v) is 8.56. The van der Waals surface area contributed by atoms with Crippen LogP contribution in [0.1, 0.15) is 24.3 Å². The van der Waals surface area contributed by atoms with E-state index in [9.17, 15) is 14.4 Å². The van der Waals surface area contributed by atoms with Crippen molar-refractivity contribution < 1.29 is 28.6 Å². The van der Waals surface area contributed by atoms with Crippen LogP contribution in [0.15, 0.2) is 30.3 Å². The molecule has 2 saturated heterocycles. The van der Waals surface area contributed by atoms with Gasteiger partial charge in [0.1, 0.15) is 5.54 Å². The Morgan fingerprint density at radius 3 is 2.08 bits per heavy atom. The van der Waals surface area contributed by atoms with Crippen molar-refractivity contribution in [1.82, 2.24) is 4.90 Å². The topological polar surface area (TPSA) is 82.1 Å². The van der Waals surface area contributed by atoms with Gasteiger partial charge < -0.3 is 14.2 Å². The predicted molar refractivity (Wildman–Crippen MR) is 91.2 cm³/mol. The summed E-state index contributed by atoms with van der Waals surface area (Å²) in [6.07, 6.45) is 1.000. The van der Waals surface area contributed by atoms with Crippen molar-refractivity contribution >= 4 is 17.9 Å². The van der Waals surface area contributed by atoms with Gasteiger partial charge in [0.05, 0.1) is 21.3 Å². The van der Waals surface area contributed by atoms with Gasteiger partial charge in [-0.2, -0.15) is 0 Å². The lowest BCUT2D eigenvalue weighted by molar-refractivity contribution is -0.185.